The number of fused-ring (bicyclic) bond motifs is 1. The molecule has 1 atom stereocenters. The van der Waals surface area contributed by atoms with Gasteiger partial charge in [0.2, 0.25) is 5.75 Å². The van der Waals surface area contributed by atoms with Gasteiger partial charge in [0, 0.05) is 22.0 Å². The minimum atomic E-state index is -0.590. The van der Waals surface area contributed by atoms with Crippen molar-refractivity contribution in [2.75, 3.05) is 6.61 Å². The van der Waals surface area contributed by atoms with Crippen LogP contribution in [-0.4, -0.2) is 27.4 Å². The van der Waals surface area contributed by atoms with Gasteiger partial charge in [0.25, 0.3) is 5.56 Å². The third kappa shape index (κ3) is 4.89. The van der Waals surface area contributed by atoms with E-state index in [9.17, 15) is 14.9 Å². The molecule has 1 heterocycles. The van der Waals surface area contributed by atoms with Crippen LogP contribution < -0.4 is 10.3 Å². The maximum Gasteiger partial charge on any atom is 0.313 e. The van der Waals surface area contributed by atoms with Gasteiger partial charge in [-0.05, 0) is 30.7 Å². The van der Waals surface area contributed by atoms with E-state index in [4.69, 9.17) is 16.3 Å². The summed E-state index contributed by atoms with van der Waals surface area (Å²) in [7, 11) is 0. The monoisotopic (exact) mass is 518 g/mol. The van der Waals surface area contributed by atoms with Crippen LogP contribution in [0.1, 0.15) is 37.6 Å². The average Bonchev–Trinajstić information content (AvgIpc) is 2.77. The average molecular weight is 520 g/mol. The second kappa shape index (κ2) is 10.1. The molecule has 3 aromatic rings. The number of benzene rings is 2. The Balaban J connectivity index is 2.15. The molecule has 32 heavy (non-hydrogen) atoms. The first kappa shape index (κ1) is 23.6. The lowest BCUT2D eigenvalue weighted by atomic mass is 10.1. The highest BCUT2D eigenvalue weighted by Crippen LogP contribution is 2.36. The zero-order valence-electron chi connectivity index (χ0n) is 17.4. The molecule has 0 aliphatic heterocycles. The molecule has 1 aromatic heterocycles. The van der Waals surface area contributed by atoms with E-state index in [0.717, 1.165) is 10.9 Å². The highest BCUT2D eigenvalue weighted by molar-refractivity contribution is 9.10. The Kier molecular flexibility index (Phi) is 7.42. The number of nitro benzene ring substituents is 1. The molecule has 0 aliphatic carbocycles. The van der Waals surface area contributed by atoms with E-state index in [1.165, 1.54) is 29.1 Å². The number of aromatic nitrogens is 2. The van der Waals surface area contributed by atoms with Crippen molar-refractivity contribution in [2.45, 2.75) is 26.2 Å². The van der Waals surface area contributed by atoms with E-state index in [-0.39, 0.29) is 34.5 Å². The standard InChI is InChI=1S/C22H20BrClN4O4/c1-4-8-32-20-17(24)9-14(10-19(20)28(30)31)12-25-27-21(13(3)5-2)26-18-7-6-15(23)11-16(18)22(27)29/h4,6-7,9-13H,1,5,8H2,2-3H3/t13-/m0/s1. The molecule has 2 aromatic carbocycles. The molecule has 0 spiro atoms. The van der Waals surface area contributed by atoms with Gasteiger partial charge >= 0.3 is 5.69 Å². The van der Waals surface area contributed by atoms with Gasteiger partial charge in [0.1, 0.15) is 12.4 Å². The van der Waals surface area contributed by atoms with Gasteiger partial charge in [0.15, 0.2) is 0 Å². The number of hydrogen-bond acceptors (Lipinski definition) is 6. The fraction of sp³-hybridized carbons (Fsp3) is 0.227. The molecule has 10 heteroatoms. The van der Waals surface area contributed by atoms with E-state index in [1.807, 2.05) is 19.9 Å². The molecule has 8 nitrogen and oxygen atoms in total. The van der Waals surface area contributed by atoms with Crippen molar-refractivity contribution >= 4 is 50.3 Å². The SMILES string of the molecule is C=CCOc1c(Cl)cc(C=Nn2c([C@@H](C)CC)nc3ccc(Br)cc3c2=O)cc1[N+](=O)[O-]. The summed E-state index contributed by atoms with van der Waals surface area (Å²) >= 11 is 9.59. The molecule has 3 rings (SSSR count). The number of ether oxygens (including phenoxy) is 1. The van der Waals surface area contributed by atoms with Crippen LogP contribution in [0.25, 0.3) is 10.9 Å². The fourth-order valence-corrected chi connectivity index (χ4v) is 3.64. The molecule has 0 amide bonds. The third-order valence-electron chi connectivity index (χ3n) is 4.80. The van der Waals surface area contributed by atoms with E-state index >= 15 is 0 Å². The van der Waals surface area contributed by atoms with E-state index in [1.54, 1.807) is 12.1 Å². The Bertz CT molecular complexity index is 1290. The van der Waals surface area contributed by atoms with Gasteiger partial charge in [0.05, 0.1) is 27.1 Å². The van der Waals surface area contributed by atoms with Crippen molar-refractivity contribution in [3.05, 3.63) is 84.3 Å². The Hall–Kier alpha value is -3.04. The van der Waals surface area contributed by atoms with E-state index < -0.39 is 4.92 Å². The smallest absolute Gasteiger partial charge is 0.313 e. The van der Waals surface area contributed by atoms with Crippen molar-refractivity contribution in [3.63, 3.8) is 0 Å². The predicted molar refractivity (Wildman–Crippen MR) is 129 cm³/mol. The highest BCUT2D eigenvalue weighted by Gasteiger charge is 2.20. The Morgan fingerprint density at radius 1 is 1.41 bits per heavy atom. The number of rotatable bonds is 8. The van der Waals surface area contributed by atoms with Gasteiger partial charge in [-0.15, -0.1) is 0 Å². The van der Waals surface area contributed by atoms with Crippen LogP contribution in [0.2, 0.25) is 5.02 Å². The molecule has 0 unspecified atom stereocenters. The Morgan fingerprint density at radius 3 is 2.81 bits per heavy atom. The maximum atomic E-state index is 13.2. The molecule has 0 saturated heterocycles. The number of nitro groups is 1. The van der Waals surface area contributed by atoms with Gasteiger partial charge < -0.3 is 4.74 Å². The fourth-order valence-electron chi connectivity index (χ4n) is 3.00. The van der Waals surface area contributed by atoms with Crippen LogP contribution in [-0.2, 0) is 0 Å². The molecule has 0 radical (unpaired) electrons. The topological polar surface area (TPSA) is 99.6 Å². The number of halogens is 2. The minimum absolute atomic E-state index is 0.0412. The lowest BCUT2D eigenvalue weighted by molar-refractivity contribution is -0.385. The van der Waals surface area contributed by atoms with Gasteiger partial charge in [-0.2, -0.15) is 9.78 Å². The Morgan fingerprint density at radius 2 is 2.16 bits per heavy atom. The summed E-state index contributed by atoms with van der Waals surface area (Å²) in [5.41, 5.74) is 0.261. The lowest BCUT2D eigenvalue weighted by Crippen LogP contribution is -2.23. The van der Waals surface area contributed by atoms with Crippen LogP contribution in [0.3, 0.4) is 0 Å². The second-order valence-corrected chi connectivity index (χ2v) is 8.33. The maximum absolute atomic E-state index is 13.2. The summed E-state index contributed by atoms with van der Waals surface area (Å²) in [6, 6.07) is 8.04. The largest absolute Gasteiger partial charge is 0.482 e. The summed E-state index contributed by atoms with van der Waals surface area (Å²) in [6.45, 7) is 7.53. The van der Waals surface area contributed by atoms with Crippen molar-refractivity contribution in [3.8, 4) is 5.75 Å². The first-order valence-electron chi connectivity index (χ1n) is 9.75. The summed E-state index contributed by atoms with van der Waals surface area (Å²) in [4.78, 5) is 28.7. The molecule has 0 N–H and O–H groups in total. The third-order valence-corrected chi connectivity index (χ3v) is 5.57. The van der Waals surface area contributed by atoms with Crippen molar-refractivity contribution in [1.29, 1.82) is 0 Å². The van der Waals surface area contributed by atoms with E-state index in [0.29, 0.717) is 22.3 Å². The van der Waals surface area contributed by atoms with Gasteiger partial charge in [-0.3, -0.25) is 14.9 Å². The van der Waals surface area contributed by atoms with Crippen LogP contribution in [0.5, 0.6) is 5.75 Å². The number of nitrogens with zero attached hydrogens (tertiary/aromatic N) is 4. The predicted octanol–water partition coefficient (Wildman–Crippen LogP) is 5.68. The van der Waals surface area contributed by atoms with Crippen LogP contribution >= 0.6 is 27.5 Å². The van der Waals surface area contributed by atoms with Crippen LogP contribution in [0.15, 0.2) is 57.4 Å². The summed E-state index contributed by atoms with van der Waals surface area (Å²) < 4.78 is 7.30. The summed E-state index contributed by atoms with van der Waals surface area (Å²) in [6.07, 6.45) is 3.55. The summed E-state index contributed by atoms with van der Waals surface area (Å²) in [5, 5.41) is 16.3. The Labute approximate surface area is 197 Å². The van der Waals surface area contributed by atoms with E-state index in [2.05, 4.69) is 32.6 Å². The normalized spacial score (nSPS) is 12.2. The first-order valence-corrected chi connectivity index (χ1v) is 10.9. The molecule has 0 bridgehead atoms. The minimum Gasteiger partial charge on any atom is -0.482 e. The van der Waals surface area contributed by atoms with Crippen LogP contribution in [0, 0.1) is 10.1 Å². The molecule has 0 saturated carbocycles. The molecular weight excluding hydrogens is 500 g/mol. The second-order valence-electron chi connectivity index (χ2n) is 7.01. The molecule has 166 valence electrons. The van der Waals surface area contributed by atoms with Gasteiger partial charge in [-0.1, -0.05) is 54.0 Å². The molecular formula is C22H20BrClN4O4. The zero-order valence-corrected chi connectivity index (χ0v) is 19.8. The van der Waals surface area contributed by atoms with Gasteiger partial charge in [-0.25, -0.2) is 4.98 Å². The zero-order chi connectivity index (χ0) is 23.4. The van der Waals surface area contributed by atoms with Crippen molar-refractivity contribution < 1.29 is 9.66 Å². The van der Waals surface area contributed by atoms with Crippen LogP contribution in [0.4, 0.5) is 5.69 Å². The quantitative estimate of drug-likeness (QED) is 0.165. The van der Waals surface area contributed by atoms with Crippen molar-refractivity contribution in [2.24, 2.45) is 5.10 Å². The highest BCUT2D eigenvalue weighted by atomic mass is 79.9. The summed E-state index contributed by atoms with van der Waals surface area (Å²) in [5.74, 6) is 0.402. The first-order chi connectivity index (χ1) is 15.3. The lowest BCUT2D eigenvalue weighted by Gasteiger charge is -2.14. The molecule has 0 fully saturated rings. The number of hydrogen-bond donors (Lipinski definition) is 0. The molecule has 0 aliphatic rings. The van der Waals surface area contributed by atoms with Crippen molar-refractivity contribution in [1.82, 2.24) is 9.66 Å².